The monoisotopic (exact) mass is 399 g/mol. The Bertz CT molecular complexity index is 609. The van der Waals surface area contributed by atoms with Crippen molar-refractivity contribution in [3.05, 3.63) is 11.6 Å². The first-order valence-corrected chi connectivity index (χ1v) is 12.8. The van der Waals surface area contributed by atoms with Gasteiger partial charge in [0.15, 0.2) is 0 Å². The average Bonchev–Trinajstić information content (AvgIpc) is 2.70. The molecule has 3 saturated heterocycles. The van der Waals surface area contributed by atoms with Gasteiger partial charge in [-0.15, -0.1) is 0 Å². The molecule has 162 valence electrons. The molecule has 4 heteroatoms. The number of piperidine rings is 3. The van der Waals surface area contributed by atoms with Crippen LogP contribution in [0.3, 0.4) is 0 Å². The van der Waals surface area contributed by atoms with Crippen LogP contribution in [0.15, 0.2) is 11.6 Å². The fourth-order valence-electron chi connectivity index (χ4n) is 7.32. The average molecular weight is 400 g/mol. The van der Waals surface area contributed by atoms with Gasteiger partial charge < -0.3 is 5.32 Å². The standard InChI is InChI=1S/C25H41N3O/c29-24(26-22-10-4-2-1-3-5-11-22)18-28-14-8-9-19-15-20-16-21(25(19)28)17-27-13-7-6-12-23(20)27/h15,20-23,25H,1-14,16-18H2,(H,26,29)/t20?,21?,23-,25-/m1/s1. The molecule has 0 spiro atoms. The number of nitrogens with one attached hydrogen (secondary N) is 1. The number of carbonyl (C=O) groups is 1. The van der Waals surface area contributed by atoms with Gasteiger partial charge in [-0.2, -0.15) is 0 Å². The van der Waals surface area contributed by atoms with E-state index in [2.05, 4.69) is 21.2 Å². The largest absolute Gasteiger partial charge is 0.352 e. The van der Waals surface area contributed by atoms with Gasteiger partial charge in [-0.05, 0) is 69.9 Å². The molecule has 1 N–H and O–H groups in total. The molecule has 2 aliphatic carbocycles. The van der Waals surface area contributed by atoms with Gasteiger partial charge in [0, 0.05) is 24.7 Å². The molecule has 1 saturated carbocycles. The number of likely N-dealkylation sites (tertiary alicyclic amines) is 1. The van der Waals surface area contributed by atoms with Gasteiger partial charge in [0.2, 0.25) is 5.91 Å². The van der Waals surface area contributed by atoms with Gasteiger partial charge in [0.05, 0.1) is 6.54 Å². The van der Waals surface area contributed by atoms with Crippen LogP contribution in [0.4, 0.5) is 0 Å². The fourth-order valence-corrected chi connectivity index (χ4v) is 7.32. The van der Waals surface area contributed by atoms with E-state index in [0.29, 0.717) is 18.6 Å². The molecule has 4 nitrogen and oxygen atoms in total. The van der Waals surface area contributed by atoms with E-state index in [-0.39, 0.29) is 5.91 Å². The Morgan fingerprint density at radius 3 is 2.62 bits per heavy atom. The first-order chi connectivity index (χ1) is 14.3. The van der Waals surface area contributed by atoms with Crippen molar-refractivity contribution in [1.29, 1.82) is 0 Å². The highest BCUT2D eigenvalue weighted by Gasteiger charge is 2.46. The molecule has 2 unspecified atom stereocenters. The molecule has 4 atom stereocenters. The van der Waals surface area contributed by atoms with Crippen LogP contribution >= 0.6 is 0 Å². The van der Waals surface area contributed by atoms with Crippen LogP contribution in [-0.4, -0.2) is 60.0 Å². The van der Waals surface area contributed by atoms with Crippen LogP contribution in [0.2, 0.25) is 0 Å². The van der Waals surface area contributed by atoms with Crippen molar-refractivity contribution in [3.8, 4) is 0 Å². The minimum absolute atomic E-state index is 0.283. The first-order valence-electron chi connectivity index (χ1n) is 12.8. The lowest BCUT2D eigenvalue weighted by atomic mass is 9.68. The molecule has 1 amide bonds. The maximum atomic E-state index is 13.0. The highest BCUT2D eigenvalue weighted by molar-refractivity contribution is 5.78. The van der Waals surface area contributed by atoms with Gasteiger partial charge in [-0.1, -0.05) is 50.2 Å². The third-order valence-corrected chi connectivity index (χ3v) is 8.58. The lowest BCUT2D eigenvalue weighted by Crippen LogP contribution is -2.60. The third-order valence-electron chi connectivity index (χ3n) is 8.58. The topological polar surface area (TPSA) is 35.6 Å². The summed E-state index contributed by atoms with van der Waals surface area (Å²) in [5.41, 5.74) is 1.68. The summed E-state index contributed by atoms with van der Waals surface area (Å²) < 4.78 is 0. The van der Waals surface area contributed by atoms with Crippen LogP contribution in [0.1, 0.15) is 83.5 Å². The summed E-state index contributed by atoms with van der Waals surface area (Å²) in [4.78, 5) is 18.3. The summed E-state index contributed by atoms with van der Waals surface area (Å²) in [7, 11) is 0. The summed E-state index contributed by atoms with van der Waals surface area (Å²) in [6.07, 6.45) is 19.7. The second-order valence-electron chi connectivity index (χ2n) is 10.6. The van der Waals surface area contributed by atoms with E-state index >= 15 is 0 Å². The number of hydrogen-bond donors (Lipinski definition) is 1. The maximum absolute atomic E-state index is 13.0. The van der Waals surface area contributed by atoms with E-state index in [0.717, 1.165) is 24.4 Å². The van der Waals surface area contributed by atoms with E-state index < -0.39 is 0 Å². The summed E-state index contributed by atoms with van der Waals surface area (Å²) in [5.74, 6) is 1.80. The van der Waals surface area contributed by atoms with Crippen LogP contribution in [-0.2, 0) is 4.79 Å². The van der Waals surface area contributed by atoms with Gasteiger partial charge in [0.1, 0.15) is 0 Å². The van der Waals surface area contributed by atoms with Crippen LogP contribution in [0.25, 0.3) is 0 Å². The second kappa shape index (κ2) is 9.09. The normalized spacial score (nSPS) is 36.9. The quantitative estimate of drug-likeness (QED) is 0.726. The Morgan fingerprint density at radius 1 is 0.966 bits per heavy atom. The predicted octanol–water partition coefficient (Wildman–Crippen LogP) is 4.11. The first kappa shape index (κ1) is 20.1. The maximum Gasteiger partial charge on any atom is 0.234 e. The van der Waals surface area contributed by atoms with Crippen molar-refractivity contribution < 1.29 is 4.79 Å². The Labute approximate surface area is 177 Å². The predicted molar refractivity (Wildman–Crippen MR) is 118 cm³/mol. The number of rotatable bonds is 3. The zero-order valence-electron chi connectivity index (χ0n) is 18.3. The number of nitrogens with zero attached hydrogens (tertiary/aromatic N) is 2. The van der Waals surface area contributed by atoms with Crippen molar-refractivity contribution in [1.82, 2.24) is 15.1 Å². The Balaban J connectivity index is 1.24. The van der Waals surface area contributed by atoms with Gasteiger partial charge >= 0.3 is 0 Å². The van der Waals surface area contributed by atoms with E-state index in [4.69, 9.17) is 0 Å². The van der Waals surface area contributed by atoms with Crippen LogP contribution in [0.5, 0.6) is 0 Å². The number of fused-ring (bicyclic) bond motifs is 6. The van der Waals surface area contributed by atoms with Crippen molar-refractivity contribution in [3.63, 3.8) is 0 Å². The molecule has 5 rings (SSSR count). The molecule has 3 heterocycles. The molecule has 0 aromatic heterocycles. The highest BCUT2D eigenvalue weighted by Crippen LogP contribution is 2.44. The van der Waals surface area contributed by atoms with Gasteiger partial charge in [-0.3, -0.25) is 14.6 Å². The summed E-state index contributed by atoms with van der Waals surface area (Å²) >= 11 is 0. The lowest BCUT2D eigenvalue weighted by Gasteiger charge is -2.54. The molecular formula is C25H41N3O. The Hall–Kier alpha value is -0.870. The van der Waals surface area contributed by atoms with Crippen LogP contribution < -0.4 is 5.32 Å². The van der Waals surface area contributed by atoms with E-state index in [1.165, 1.54) is 96.6 Å². The van der Waals surface area contributed by atoms with Gasteiger partial charge in [0.25, 0.3) is 0 Å². The highest BCUT2D eigenvalue weighted by atomic mass is 16.2. The Morgan fingerprint density at radius 2 is 1.76 bits per heavy atom. The number of hydrogen-bond acceptors (Lipinski definition) is 3. The zero-order chi connectivity index (χ0) is 19.6. The minimum Gasteiger partial charge on any atom is -0.352 e. The molecule has 4 fully saturated rings. The summed E-state index contributed by atoms with van der Waals surface area (Å²) in [6, 6.07) is 1.76. The lowest BCUT2D eigenvalue weighted by molar-refractivity contribution is -0.124. The molecule has 3 aliphatic heterocycles. The fraction of sp³-hybridized carbons (Fsp3) is 0.880. The second-order valence-corrected chi connectivity index (χ2v) is 10.6. The molecule has 5 aliphatic rings. The van der Waals surface area contributed by atoms with E-state index in [1.54, 1.807) is 5.57 Å². The third kappa shape index (κ3) is 4.44. The van der Waals surface area contributed by atoms with Crippen molar-refractivity contribution in [2.45, 2.75) is 102 Å². The molecule has 0 radical (unpaired) electrons. The van der Waals surface area contributed by atoms with E-state index in [1.807, 2.05) is 0 Å². The van der Waals surface area contributed by atoms with Gasteiger partial charge in [-0.25, -0.2) is 0 Å². The smallest absolute Gasteiger partial charge is 0.234 e. The van der Waals surface area contributed by atoms with Crippen molar-refractivity contribution >= 4 is 5.91 Å². The Kier molecular flexibility index (Phi) is 6.29. The SMILES string of the molecule is O=C(CN1CCCC2=CC3CC(CN4CCCC[C@H]34)[C@@H]21)NC1CCCCCCC1. The summed E-state index contributed by atoms with van der Waals surface area (Å²) in [5, 5.41) is 3.42. The van der Waals surface area contributed by atoms with Crippen molar-refractivity contribution in [2.24, 2.45) is 11.8 Å². The number of carbonyl (C=O) groups excluding carboxylic acids is 1. The minimum atomic E-state index is 0.283. The molecule has 2 bridgehead atoms. The molecule has 0 aromatic rings. The molecule has 29 heavy (non-hydrogen) atoms. The van der Waals surface area contributed by atoms with Crippen molar-refractivity contribution in [2.75, 3.05) is 26.2 Å². The van der Waals surface area contributed by atoms with E-state index in [9.17, 15) is 4.79 Å². The summed E-state index contributed by atoms with van der Waals surface area (Å²) in [6.45, 7) is 4.29. The number of amides is 1. The zero-order valence-corrected chi connectivity index (χ0v) is 18.3. The van der Waals surface area contributed by atoms with Crippen LogP contribution in [0, 0.1) is 11.8 Å². The molecule has 0 aromatic carbocycles. The molecular weight excluding hydrogens is 358 g/mol.